The average molecular weight is 864 g/mol. The molecule has 0 unspecified atom stereocenters. The number of nitrogens with zero attached hydrogens (tertiary/aromatic N) is 2. The molecule has 5 aromatic rings. The summed E-state index contributed by atoms with van der Waals surface area (Å²) in [6, 6.07) is 33.5. The minimum Gasteiger partial charge on any atom is -0.508 e. The largest absolute Gasteiger partial charge is 0.508 e. The number of amides is 5. The van der Waals surface area contributed by atoms with Crippen LogP contribution < -0.4 is 21.3 Å². The molecule has 0 aromatic heterocycles. The fraction of sp³-hybridized carbons (Fsp3) is 0.245. The van der Waals surface area contributed by atoms with Crippen molar-refractivity contribution in [3.63, 3.8) is 0 Å². The molecule has 2 fully saturated rings. The summed E-state index contributed by atoms with van der Waals surface area (Å²) >= 11 is 0. The number of aromatic hydroxyl groups is 1. The van der Waals surface area contributed by atoms with Crippen molar-refractivity contribution in [2.24, 2.45) is 11.7 Å². The summed E-state index contributed by atoms with van der Waals surface area (Å²) in [6.07, 6.45) is -3.20. The predicted octanol–water partition coefficient (Wildman–Crippen LogP) is 4.71. The number of nitrogens with one attached hydrogen (secondary N) is 2. The molecule has 64 heavy (non-hydrogen) atoms. The molecule has 0 radical (unpaired) electrons. The number of rotatable bonds is 11. The van der Waals surface area contributed by atoms with E-state index in [2.05, 4.69) is 22.5 Å². The number of ether oxygens (including phenoxy) is 3. The van der Waals surface area contributed by atoms with Crippen molar-refractivity contribution in [1.82, 2.24) is 15.5 Å². The van der Waals surface area contributed by atoms with Crippen LogP contribution in [0.2, 0.25) is 0 Å². The lowest BCUT2D eigenvalue weighted by molar-refractivity contribution is -0.178. The monoisotopic (exact) mass is 863 g/mol. The summed E-state index contributed by atoms with van der Waals surface area (Å²) < 4.78 is 17.2. The van der Waals surface area contributed by atoms with Crippen molar-refractivity contribution >= 4 is 35.6 Å². The summed E-state index contributed by atoms with van der Waals surface area (Å²) in [4.78, 5) is 75.2. The van der Waals surface area contributed by atoms with Gasteiger partial charge < -0.3 is 40.8 Å². The Hall–Kier alpha value is -7.51. The molecule has 3 aliphatic rings. The zero-order valence-corrected chi connectivity index (χ0v) is 34.6. The number of carbonyl (C=O) groups is 5. The Morgan fingerprint density at radius 3 is 2.14 bits per heavy atom. The van der Waals surface area contributed by atoms with Gasteiger partial charge in [0.1, 0.15) is 29.9 Å². The van der Waals surface area contributed by atoms with Gasteiger partial charge in [0.2, 0.25) is 11.8 Å². The lowest BCUT2D eigenvalue weighted by atomic mass is 9.65. The molecule has 7 atom stereocenters. The van der Waals surface area contributed by atoms with E-state index in [1.54, 1.807) is 54.6 Å². The summed E-state index contributed by atoms with van der Waals surface area (Å²) in [5.41, 5.74) is 5.98. The van der Waals surface area contributed by atoms with Crippen molar-refractivity contribution in [1.29, 1.82) is 0 Å². The number of fused-ring (bicyclic) bond motifs is 3. The molecule has 326 valence electrons. The number of nitrogens with two attached hydrogens (primary N) is 1. The van der Waals surface area contributed by atoms with E-state index in [-0.39, 0.29) is 43.3 Å². The fourth-order valence-electron chi connectivity index (χ4n) is 9.28. The van der Waals surface area contributed by atoms with E-state index in [1.165, 1.54) is 25.3 Å². The van der Waals surface area contributed by atoms with Crippen LogP contribution in [0.1, 0.15) is 57.7 Å². The molecule has 0 saturated carbocycles. The number of phenolic OH excluding ortho intramolecular Hbond substituents is 1. The number of esters is 1. The van der Waals surface area contributed by atoms with Gasteiger partial charge >= 0.3 is 18.1 Å². The Kier molecular flexibility index (Phi) is 12.4. The van der Waals surface area contributed by atoms with Gasteiger partial charge in [-0.15, -0.1) is 0 Å². The minimum atomic E-state index is -2.14. The van der Waals surface area contributed by atoms with Crippen LogP contribution >= 0.6 is 0 Å². The molecule has 15 heteroatoms. The number of aliphatic hydroxyl groups excluding tert-OH is 1. The zero-order chi connectivity index (χ0) is 45.0. The number of hydrogen-bond donors (Lipinski definition) is 5. The highest BCUT2D eigenvalue weighted by molar-refractivity contribution is 6.23. The number of anilines is 1. The first-order chi connectivity index (χ1) is 31.1. The molecule has 3 aliphatic heterocycles. The Labute approximate surface area is 368 Å². The Morgan fingerprint density at radius 1 is 0.828 bits per heavy atom. The summed E-state index contributed by atoms with van der Waals surface area (Å²) in [5, 5.41) is 27.2. The second kappa shape index (κ2) is 18.5. The first-order valence-corrected chi connectivity index (χ1v) is 20.6. The van der Waals surface area contributed by atoms with Crippen LogP contribution in [0.3, 0.4) is 0 Å². The molecule has 15 nitrogen and oxygen atoms in total. The SMILES string of the molecule is COCCOC(=O)N1C(=O)[C@@]2(c3cc(C#CCNC(N)=O)ccc31)[C@H](c1ccc(O)cc1)N1[C@H](c3ccccc3)[C@H](c3ccccc3)OC(=O)[C@H]1[C@@H]2C(=O)NC[C@H](O)c1ccccc1. The number of urea groups is 1. The third-order valence-electron chi connectivity index (χ3n) is 11.9. The third-order valence-corrected chi connectivity index (χ3v) is 11.9. The number of primary amides is 1. The molecular weight excluding hydrogens is 819 g/mol. The standard InChI is InChI=1S/C49H45N5O10/c1-62-26-27-63-48(61)53-37-24-19-30(12-11-25-51-47(50)60)28-36(37)49(46(53)59)39(44(57)52-29-38(56)31-13-5-2-6-14-31)41-45(58)64-42(33-17-9-4-10-18-33)40(32-15-7-3-8-16-32)54(41)43(49)34-20-22-35(55)23-21-34/h2-10,13-24,28,38-43,55-56H,25-27,29H2,1H3,(H,52,57)(H3,50,51,60)/t38-,39+,40+,41+,42-,43-,49+/m0/s1. The lowest BCUT2D eigenvalue weighted by Crippen LogP contribution is -2.56. The van der Waals surface area contributed by atoms with Crippen molar-refractivity contribution in [3.05, 3.63) is 167 Å². The second-order valence-electron chi connectivity index (χ2n) is 15.5. The van der Waals surface area contributed by atoms with Crippen LogP contribution in [0.4, 0.5) is 15.3 Å². The zero-order valence-electron chi connectivity index (χ0n) is 34.6. The van der Waals surface area contributed by atoms with Crippen molar-refractivity contribution < 1.29 is 48.4 Å². The van der Waals surface area contributed by atoms with Crippen LogP contribution in [-0.4, -0.2) is 84.5 Å². The first kappa shape index (κ1) is 43.2. The number of methoxy groups -OCH3 is 1. The highest BCUT2D eigenvalue weighted by atomic mass is 16.6. The van der Waals surface area contributed by atoms with E-state index < -0.39 is 71.6 Å². The Balaban J connectivity index is 1.41. The van der Waals surface area contributed by atoms with Gasteiger partial charge in [-0.1, -0.05) is 115 Å². The third kappa shape index (κ3) is 7.90. The maximum Gasteiger partial charge on any atom is 0.421 e. The van der Waals surface area contributed by atoms with Gasteiger partial charge in [-0.25, -0.2) is 14.5 Å². The number of hydrogen-bond acceptors (Lipinski definition) is 11. The normalized spacial score (nSPS) is 22.7. The van der Waals surface area contributed by atoms with Crippen LogP contribution in [0.15, 0.2) is 133 Å². The molecule has 5 amide bonds. The van der Waals surface area contributed by atoms with Crippen LogP contribution in [-0.2, 0) is 34.0 Å². The first-order valence-electron chi connectivity index (χ1n) is 20.6. The fourth-order valence-corrected chi connectivity index (χ4v) is 9.28. The van der Waals surface area contributed by atoms with Crippen molar-refractivity contribution in [2.45, 2.75) is 35.7 Å². The van der Waals surface area contributed by atoms with Gasteiger partial charge in [-0.2, -0.15) is 0 Å². The van der Waals surface area contributed by atoms with E-state index >= 15 is 14.4 Å². The quantitative estimate of drug-likeness (QED) is 0.0698. The molecule has 0 bridgehead atoms. The van der Waals surface area contributed by atoms with Gasteiger partial charge in [-0.3, -0.25) is 19.3 Å². The maximum atomic E-state index is 16.1. The molecular formula is C49H45N5O10. The van der Waals surface area contributed by atoms with E-state index in [1.807, 2.05) is 65.6 Å². The highest BCUT2D eigenvalue weighted by Crippen LogP contribution is 2.66. The van der Waals surface area contributed by atoms with E-state index in [0.717, 1.165) is 4.90 Å². The second-order valence-corrected chi connectivity index (χ2v) is 15.5. The minimum absolute atomic E-state index is 0.0197. The van der Waals surface area contributed by atoms with Gasteiger partial charge in [0.05, 0.1) is 42.9 Å². The molecule has 2 saturated heterocycles. The number of morpholine rings is 1. The summed E-state index contributed by atoms with van der Waals surface area (Å²) in [7, 11) is 1.43. The average Bonchev–Trinajstić information content (AvgIpc) is 3.77. The summed E-state index contributed by atoms with van der Waals surface area (Å²) in [6.45, 7) is -0.610. The van der Waals surface area contributed by atoms with E-state index in [0.29, 0.717) is 27.8 Å². The smallest absolute Gasteiger partial charge is 0.421 e. The number of benzene rings is 5. The summed E-state index contributed by atoms with van der Waals surface area (Å²) in [5.74, 6) is 1.61. The molecule has 8 rings (SSSR count). The van der Waals surface area contributed by atoms with E-state index in [9.17, 15) is 19.8 Å². The molecule has 0 aliphatic carbocycles. The van der Waals surface area contributed by atoms with Crippen LogP contribution in [0.5, 0.6) is 5.75 Å². The van der Waals surface area contributed by atoms with Crippen LogP contribution in [0.25, 0.3) is 0 Å². The number of aliphatic hydroxyl groups is 1. The van der Waals surface area contributed by atoms with Gasteiger partial charge in [0.15, 0.2) is 0 Å². The highest BCUT2D eigenvalue weighted by Gasteiger charge is 2.75. The molecule has 1 spiro atoms. The molecule has 5 aromatic carbocycles. The number of carbonyl (C=O) groups excluding carboxylic acids is 5. The van der Waals surface area contributed by atoms with Gasteiger partial charge in [-0.05, 0) is 58.1 Å². The molecule has 6 N–H and O–H groups in total. The topological polar surface area (TPSA) is 210 Å². The Bertz CT molecular complexity index is 2600. The van der Waals surface area contributed by atoms with Crippen LogP contribution in [0, 0.1) is 17.8 Å². The predicted molar refractivity (Wildman–Crippen MR) is 232 cm³/mol. The molecule has 3 heterocycles. The van der Waals surface area contributed by atoms with Gasteiger partial charge in [0.25, 0.3) is 0 Å². The van der Waals surface area contributed by atoms with Crippen molar-refractivity contribution in [2.75, 3.05) is 38.3 Å². The van der Waals surface area contributed by atoms with Crippen molar-refractivity contribution in [3.8, 4) is 17.6 Å². The van der Waals surface area contributed by atoms with E-state index in [4.69, 9.17) is 19.9 Å². The lowest BCUT2D eigenvalue weighted by Gasteiger charge is -2.46. The van der Waals surface area contributed by atoms with Gasteiger partial charge in [0, 0.05) is 19.2 Å². The number of imide groups is 1. The maximum absolute atomic E-state index is 16.1. The number of cyclic esters (lactones) is 1. The Morgan fingerprint density at radius 2 is 1.48 bits per heavy atom. The number of phenols is 1.